The molecule has 1 aliphatic rings. The molecule has 1 aromatic rings. The van der Waals surface area contributed by atoms with Crippen LogP contribution in [0.1, 0.15) is 29.8 Å². The van der Waals surface area contributed by atoms with Crippen molar-refractivity contribution in [1.82, 2.24) is 4.90 Å². The Kier molecular flexibility index (Phi) is 3.07. The maximum Gasteiger partial charge on any atom is 0.254 e. The number of benzene rings is 1. The molecule has 1 aliphatic heterocycles. The Bertz CT molecular complexity index is 477. The number of anilines is 1. The first kappa shape index (κ1) is 12.9. The highest BCUT2D eigenvalue weighted by atomic mass is 16.3. The van der Waals surface area contributed by atoms with E-state index in [1.54, 1.807) is 17.0 Å². The van der Waals surface area contributed by atoms with Crippen LogP contribution in [0, 0.1) is 12.8 Å². The number of aliphatic hydroxyl groups is 1. The highest BCUT2D eigenvalue weighted by Gasteiger charge is 2.45. The molecule has 1 saturated heterocycles. The molecule has 18 heavy (non-hydrogen) atoms. The van der Waals surface area contributed by atoms with Crippen molar-refractivity contribution in [3.05, 3.63) is 29.3 Å². The standard InChI is InChI=1S/C14H20N2O2/c1-9(2)14(18)7-16(8-14)13(17)11-5-4-10(3)12(15)6-11/h4-6,9,18H,7-8,15H2,1-3H3. The van der Waals surface area contributed by atoms with Crippen LogP contribution in [0.4, 0.5) is 5.69 Å². The Hall–Kier alpha value is -1.55. The second kappa shape index (κ2) is 4.28. The number of carbonyl (C=O) groups excluding carboxylic acids is 1. The second-order valence-corrected chi connectivity index (χ2v) is 5.49. The van der Waals surface area contributed by atoms with Crippen LogP contribution in [0.15, 0.2) is 18.2 Å². The molecular weight excluding hydrogens is 228 g/mol. The Balaban J connectivity index is 2.08. The van der Waals surface area contributed by atoms with Crippen LogP contribution >= 0.6 is 0 Å². The van der Waals surface area contributed by atoms with Crippen molar-refractivity contribution in [2.75, 3.05) is 18.8 Å². The van der Waals surface area contributed by atoms with Gasteiger partial charge in [-0.05, 0) is 30.5 Å². The largest absolute Gasteiger partial charge is 0.398 e. The van der Waals surface area contributed by atoms with Gasteiger partial charge in [0.2, 0.25) is 0 Å². The van der Waals surface area contributed by atoms with E-state index in [-0.39, 0.29) is 11.8 Å². The summed E-state index contributed by atoms with van der Waals surface area (Å²) < 4.78 is 0. The smallest absolute Gasteiger partial charge is 0.254 e. The number of nitrogens with two attached hydrogens (primary N) is 1. The third kappa shape index (κ3) is 2.08. The molecule has 4 nitrogen and oxygen atoms in total. The summed E-state index contributed by atoms with van der Waals surface area (Å²) in [7, 11) is 0. The molecule has 1 fully saturated rings. The minimum Gasteiger partial charge on any atom is -0.398 e. The van der Waals surface area contributed by atoms with Crippen molar-refractivity contribution >= 4 is 11.6 Å². The fraction of sp³-hybridized carbons (Fsp3) is 0.500. The number of hydrogen-bond acceptors (Lipinski definition) is 3. The number of hydrogen-bond donors (Lipinski definition) is 2. The average molecular weight is 248 g/mol. The summed E-state index contributed by atoms with van der Waals surface area (Å²) in [5.41, 5.74) is 7.25. The van der Waals surface area contributed by atoms with Crippen LogP contribution in [0.3, 0.4) is 0 Å². The molecule has 0 aliphatic carbocycles. The maximum absolute atomic E-state index is 12.2. The molecule has 3 N–H and O–H groups in total. The monoisotopic (exact) mass is 248 g/mol. The zero-order chi connectivity index (χ0) is 13.5. The van der Waals surface area contributed by atoms with E-state index in [1.807, 2.05) is 26.8 Å². The first-order valence-corrected chi connectivity index (χ1v) is 6.21. The van der Waals surface area contributed by atoms with Gasteiger partial charge in [0.1, 0.15) is 5.60 Å². The van der Waals surface area contributed by atoms with Crippen molar-refractivity contribution in [2.24, 2.45) is 5.92 Å². The minimum atomic E-state index is -0.730. The van der Waals surface area contributed by atoms with Crippen LogP contribution < -0.4 is 5.73 Å². The Morgan fingerprint density at radius 2 is 2.06 bits per heavy atom. The summed E-state index contributed by atoms with van der Waals surface area (Å²) in [6.07, 6.45) is 0. The van der Waals surface area contributed by atoms with Gasteiger partial charge in [0.25, 0.3) is 5.91 Å². The van der Waals surface area contributed by atoms with Crippen LogP contribution in [0.25, 0.3) is 0 Å². The molecular formula is C14H20N2O2. The molecule has 0 spiro atoms. The Labute approximate surface area is 107 Å². The summed E-state index contributed by atoms with van der Waals surface area (Å²) in [5, 5.41) is 10.1. The van der Waals surface area contributed by atoms with Crippen LogP contribution in [-0.4, -0.2) is 34.6 Å². The summed E-state index contributed by atoms with van der Waals surface area (Å²) >= 11 is 0. The first-order valence-electron chi connectivity index (χ1n) is 6.21. The number of likely N-dealkylation sites (tertiary alicyclic amines) is 1. The van der Waals surface area contributed by atoms with Crippen LogP contribution in [0.2, 0.25) is 0 Å². The lowest BCUT2D eigenvalue weighted by Crippen LogP contribution is -2.65. The number of rotatable bonds is 2. The number of aryl methyl sites for hydroxylation is 1. The average Bonchev–Trinajstić information content (AvgIpc) is 2.27. The quantitative estimate of drug-likeness (QED) is 0.778. The van der Waals surface area contributed by atoms with Gasteiger partial charge in [-0.1, -0.05) is 19.9 Å². The van der Waals surface area contributed by atoms with Gasteiger partial charge in [0, 0.05) is 11.3 Å². The molecule has 0 atom stereocenters. The molecule has 0 saturated carbocycles. The maximum atomic E-state index is 12.2. The van der Waals surface area contributed by atoms with E-state index in [9.17, 15) is 9.90 Å². The highest BCUT2D eigenvalue weighted by Crippen LogP contribution is 2.30. The molecule has 0 unspecified atom stereocenters. The van der Waals surface area contributed by atoms with Crippen LogP contribution in [0.5, 0.6) is 0 Å². The van der Waals surface area contributed by atoms with Crippen molar-refractivity contribution < 1.29 is 9.90 Å². The lowest BCUT2D eigenvalue weighted by atomic mass is 9.82. The van der Waals surface area contributed by atoms with Crippen molar-refractivity contribution in [2.45, 2.75) is 26.4 Å². The minimum absolute atomic E-state index is 0.0629. The van der Waals surface area contributed by atoms with E-state index in [0.717, 1.165) is 5.56 Å². The molecule has 1 amide bonds. The van der Waals surface area contributed by atoms with Crippen molar-refractivity contribution in [3.63, 3.8) is 0 Å². The molecule has 0 bridgehead atoms. The molecule has 1 heterocycles. The predicted molar refractivity (Wildman–Crippen MR) is 71.3 cm³/mol. The van der Waals surface area contributed by atoms with Gasteiger partial charge in [-0.3, -0.25) is 4.79 Å². The molecule has 4 heteroatoms. The fourth-order valence-electron chi connectivity index (χ4n) is 2.08. The van der Waals surface area contributed by atoms with Gasteiger partial charge < -0.3 is 15.7 Å². The van der Waals surface area contributed by atoms with E-state index < -0.39 is 5.60 Å². The summed E-state index contributed by atoms with van der Waals surface area (Å²) in [6, 6.07) is 5.32. The molecule has 1 aromatic carbocycles. The number of β-amino-alcohol motifs (C(OH)–C–C–N with tert-alkyl or cyclic N) is 1. The zero-order valence-corrected chi connectivity index (χ0v) is 11.1. The van der Waals surface area contributed by atoms with Gasteiger partial charge >= 0.3 is 0 Å². The lowest BCUT2D eigenvalue weighted by molar-refractivity contribution is -0.110. The van der Waals surface area contributed by atoms with Gasteiger partial charge in [0.05, 0.1) is 13.1 Å². The van der Waals surface area contributed by atoms with Gasteiger partial charge in [-0.2, -0.15) is 0 Å². The van der Waals surface area contributed by atoms with E-state index in [4.69, 9.17) is 5.73 Å². The summed E-state index contributed by atoms with van der Waals surface area (Å²) in [5.74, 6) is 0.0941. The van der Waals surface area contributed by atoms with Gasteiger partial charge in [0.15, 0.2) is 0 Å². The Morgan fingerprint density at radius 3 is 2.56 bits per heavy atom. The molecule has 0 radical (unpaired) electrons. The van der Waals surface area contributed by atoms with E-state index in [0.29, 0.717) is 24.3 Å². The van der Waals surface area contributed by atoms with Crippen molar-refractivity contribution in [1.29, 1.82) is 0 Å². The molecule has 98 valence electrons. The lowest BCUT2D eigenvalue weighted by Gasteiger charge is -2.49. The zero-order valence-electron chi connectivity index (χ0n) is 11.1. The number of nitrogen functional groups attached to an aromatic ring is 1. The van der Waals surface area contributed by atoms with E-state index >= 15 is 0 Å². The predicted octanol–water partition coefficient (Wildman–Crippen LogP) is 1.42. The Morgan fingerprint density at radius 1 is 1.44 bits per heavy atom. The van der Waals surface area contributed by atoms with Gasteiger partial charge in [-0.15, -0.1) is 0 Å². The SMILES string of the molecule is Cc1ccc(C(=O)N2CC(O)(C(C)C)C2)cc1N. The summed E-state index contributed by atoms with van der Waals surface area (Å²) in [6.45, 7) is 6.64. The van der Waals surface area contributed by atoms with Gasteiger partial charge in [-0.25, -0.2) is 0 Å². The summed E-state index contributed by atoms with van der Waals surface area (Å²) in [4.78, 5) is 13.8. The van der Waals surface area contributed by atoms with E-state index in [2.05, 4.69) is 0 Å². The molecule has 2 rings (SSSR count). The third-order valence-corrected chi connectivity index (χ3v) is 3.82. The van der Waals surface area contributed by atoms with E-state index in [1.165, 1.54) is 0 Å². The van der Waals surface area contributed by atoms with Crippen LogP contribution in [-0.2, 0) is 0 Å². The highest BCUT2D eigenvalue weighted by molar-refractivity contribution is 5.96. The number of amides is 1. The number of nitrogens with zero attached hydrogens (tertiary/aromatic N) is 1. The topological polar surface area (TPSA) is 66.6 Å². The van der Waals surface area contributed by atoms with Crippen molar-refractivity contribution in [3.8, 4) is 0 Å². The third-order valence-electron chi connectivity index (χ3n) is 3.82. The fourth-order valence-corrected chi connectivity index (χ4v) is 2.08. The first-order chi connectivity index (χ1) is 8.33. The normalized spacial score (nSPS) is 17.7. The molecule has 0 aromatic heterocycles. The number of carbonyl (C=O) groups is 1. The second-order valence-electron chi connectivity index (χ2n) is 5.49.